The molecule has 2 aromatic rings. The molecule has 2 aromatic carbocycles. The van der Waals surface area contributed by atoms with Crippen molar-refractivity contribution in [3.63, 3.8) is 0 Å². The van der Waals surface area contributed by atoms with Crippen LogP contribution >= 0.6 is 0 Å². The normalized spacial score (nSPS) is 9.89. The third kappa shape index (κ3) is 3.42. The first-order chi connectivity index (χ1) is 9.16. The SMILES string of the molecule is O=C([O-])c1cccc(C(=O)OCc2ccccc2)c1. The molecule has 0 fully saturated rings. The second-order valence-corrected chi connectivity index (χ2v) is 3.93. The number of aromatic carboxylic acids is 1. The van der Waals surface area contributed by atoms with Crippen LogP contribution in [0.1, 0.15) is 26.3 Å². The standard InChI is InChI=1S/C15H12O4/c16-14(17)12-7-4-8-13(9-12)15(18)19-10-11-5-2-1-3-6-11/h1-9H,10H2,(H,16,17)/p-1. The van der Waals surface area contributed by atoms with E-state index < -0.39 is 11.9 Å². The quantitative estimate of drug-likeness (QED) is 0.775. The number of rotatable bonds is 4. The summed E-state index contributed by atoms with van der Waals surface area (Å²) in [4.78, 5) is 22.4. The van der Waals surface area contributed by atoms with E-state index >= 15 is 0 Å². The number of hydrogen-bond acceptors (Lipinski definition) is 4. The summed E-state index contributed by atoms with van der Waals surface area (Å²) in [6.07, 6.45) is 0. The van der Waals surface area contributed by atoms with Crippen LogP contribution in [0.3, 0.4) is 0 Å². The maximum Gasteiger partial charge on any atom is 0.338 e. The van der Waals surface area contributed by atoms with Gasteiger partial charge in [-0.15, -0.1) is 0 Å². The second-order valence-electron chi connectivity index (χ2n) is 3.93. The van der Waals surface area contributed by atoms with Crippen molar-refractivity contribution < 1.29 is 19.4 Å². The molecule has 2 rings (SSSR count). The van der Waals surface area contributed by atoms with Gasteiger partial charge in [0.2, 0.25) is 0 Å². The van der Waals surface area contributed by atoms with Crippen LogP contribution < -0.4 is 5.11 Å². The summed E-state index contributed by atoms with van der Waals surface area (Å²) in [5.41, 5.74) is 1.01. The van der Waals surface area contributed by atoms with Crippen LogP contribution in [-0.2, 0) is 11.3 Å². The van der Waals surface area contributed by atoms with Crippen molar-refractivity contribution in [3.05, 3.63) is 71.3 Å². The van der Waals surface area contributed by atoms with Gasteiger partial charge in [-0.2, -0.15) is 0 Å². The highest BCUT2D eigenvalue weighted by atomic mass is 16.5. The molecule has 4 heteroatoms. The van der Waals surface area contributed by atoms with E-state index in [2.05, 4.69) is 0 Å². The first-order valence-corrected chi connectivity index (χ1v) is 5.69. The third-order valence-electron chi connectivity index (χ3n) is 2.55. The molecule has 0 N–H and O–H groups in total. The van der Waals surface area contributed by atoms with Crippen LogP contribution in [0.15, 0.2) is 54.6 Å². The van der Waals surface area contributed by atoms with E-state index in [9.17, 15) is 14.7 Å². The van der Waals surface area contributed by atoms with Crippen molar-refractivity contribution in [3.8, 4) is 0 Å². The Hall–Kier alpha value is -2.62. The number of ether oxygens (including phenoxy) is 1. The lowest BCUT2D eigenvalue weighted by Gasteiger charge is -2.07. The van der Waals surface area contributed by atoms with E-state index in [0.717, 1.165) is 5.56 Å². The van der Waals surface area contributed by atoms with Gasteiger partial charge in [-0.3, -0.25) is 0 Å². The van der Waals surface area contributed by atoms with Gasteiger partial charge in [0, 0.05) is 0 Å². The lowest BCUT2D eigenvalue weighted by molar-refractivity contribution is -0.255. The number of carbonyl (C=O) groups excluding carboxylic acids is 2. The summed E-state index contributed by atoms with van der Waals surface area (Å²) in [6.45, 7) is 0.148. The van der Waals surface area contributed by atoms with Gasteiger partial charge in [-0.05, 0) is 23.3 Å². The van der Waals surface area contributed by atoms with E-state index in [-0.39, 0.29) is 17.7 Å². The molecule has 0 spiro atoms. The van der Waals surface area contributed by atoms with Crippen molar-refractivity contribution in [2.45, 2.75) is 6.61 Å². The fourth-order valence-corrected chi connectivity index (χ4v) is 1.58. The molecular weight excluding hydrogens is 244 g/mol. The zero-order chi connectivity index (χ0) is 13.7. The molecule has 0 heterocycles. The largest absolute Gasteiger partial charge is 0.545 e. The molecule has 0 unspecified atom stereocenters. The van der Waals surface area contributed by atoms with Crippen molar-refractivity contribution in [1.29, 1.82) is 0 Å². The molecule has 0 aliphatic heterocycles. The van der Waals surface area contributed by atoms with Crippen LogP contribution in [0.2, 0.25) is 0 Å². The molecule has 0 saturated heterocycles. The highest BCUT2D eigenvalue weighted by Crippen LogP contribution is 2.08. The topological polar surface area (TPSA) is 66.4 Å². The minimum absolute atomic E-state index is 0.0471. The third-order valence-corrected chi connectivity index (χ3v) is 2.55. The number of carbonyl (C=O) groups is 2. The van der Waals surface area contributed by atoms with Gasteiger partial charge >= 0.3 is 5.97 Å². The zero-order valence-corrected chi connectivity index (χ0v) is 10.0. The number of hydrogen-bond donors (Lipinski definition) is 0. The summed E-state index contributed by atoms with van der Waals surface area (Å²) in [5.74, 6) is -1.88. The minimum Gasteiger partial charge on any atom is -0.545 e. The average molecular weight is 255 g/mol. The summed E-state index contributed by atoms with van der Waals surface area (Å²) < 4.78 is 5.10. The van der Waals surface area contributed by atoms with Crippen LogP contribution in [0, 0.1) is 0 Å². The highest BCUT2D eigenvalue weighted by molar-refractivity contribution is 5.93. The number of carboxylic acids is 1. The molecule has 19 heavy (non-hydrogen) atoms. The summed E-state index contributed by atoms with van der Waals surface area (Å²) in [5, 5.41) is 10.7. The lowest BCUT2D eigenvalue weighted by Crippen LogP contribution is -2.22. The molecule has 4 nitrogen and oxygen atoms in total. The molecule has 96 valence electrons. The first kappa shape index (κ1) is 12.8. The fraction of sp³-hybridized carbons (Fsp3) is 0.0667. The van der Waals surface area contributed by atoms with Crippen LogP contribution in [0.4, 0.5) is 0 Å². The zero-order valence-electron chi connectivity index (χ0n) is 10.0. The summed E-state index contributed by atoms with van der Waals surface area (Å²) in [7, 11) is 0. The Kier molecular flexibility index (Phi) is 3.93. The Bertz CT molecular complexity index is 590. The molecule has 0 atom stereocenters. The van der Waals surface area contributed by atoms with Gasteiger partial charge in [-0.25, -0.2) is 4.79 Å². The van der Waals surface area contributed by atoms with Crippen LogP contribution in [-0.4, -0.2) is 11.9 Å². The maximum atomic E-state index is 11.8. The first-order valence-electron chi connectivity index (χ1n) is 5.69. The Morgan fingerprint density at radius 2 is 1.63 bits per heavy atom. The Balaban J connectivity index is 2.04. The number of benzene rings is 2. The van der Waals surface area contributed by atoms with E-state index in [1.807, 2.05) is 30.3 Å². The van der Waals surface area contributed by atoms with E-state index in [1.165, 1.54) is 24.3 Å². The monoisotopic (exact) mass is 255 g/mol. The van der Waals surface area contributed by atoms with E-state index in [0.29, 0.717) is 0 Å². The van der Waals surface area contributed by atoms with Gasteiger partial charge in [0.1, 0.15) is 6.61 Å². The maximum absolute atomic E-state index is 11.8. The Morgan fingerprint density at radius 3 is 2.32 bits per heavy atom. The molecule has 0 bridgehead atoms. The summed E-state index contributed by atoms with van der Waals surface area (Å²) in [6, 6.07) is 14.8. The number of esters is 1. The Labute approximate surface area is 110 Å². The molecule has 0 saturated carbocycles. The molecule has 0 aliphatic rings. The predicted octanol–water partition coefficient (Wildman–Crippen LogP) is 1.41. The van der Waals surface area contributed by atoms with Crippen molar-refractivity contribution in [2.24, 2.45) is 0 Å². The van der Waals surface area contributed by atoms with Crippen LogP contribution in [0.25, 0.3) is 0 Å². The molecule has 0 aromatic heterocycles. The fourth-order valence-electron chi connectivity index (χ4n) is 1.58. The van der Waals surface area contributed by atoms with Gasteiger partial charge in [0.15, 0.2) is 0 Å². The van der Waals surface area contributed by atoms with E-state index in [4.69, 9.17) is 4.74 Å². The molecule has 0 amide bonds. The lowest BCUT2D eigenvalue weighted by atomic mass is 10.1. The molecular formula is C15H11O4-. The minimum atomic E-state index is -1.32. The smallest absolute Gasteiger partial charge is 0.338 e. The van der Waals surface area contributed by atoms with Crippen molar-refractivity contribution in [2.75, 3.05) is 0 Å². The van der Waals surface area contributed by atoms with Gasteiger partial charge in [-0.1, -0.05) is 42.5 Å². The van der Waals surface area contributed by atoms with Gasteiger partial charge in [0.05, 0.1) is 11.5 Å². The molecule has 0 aliphatic carbocycles. The average Bonchev–Trinajstić information content (AvgIpc) is 2.46. The Morgan fingerprint density at radius 1 is 0.947 bits per heavy atom. The number of carboxylic acid groups (broad SMARTS) is 1. The highest BCUT2D eigenvalue weighted by Gasteiger charge is 2.08. The summed E-state index contributed by atoms with van der Waals surface area (Å²) >= 11 is 0. The molecule has 0 radical (unpaired) electrons. The van der Waals surface area contributed by atoms with Crippen molar-refractivity contribution in [1.82, 2.24) is 0 Å². The van der Waals surface area contributed by atoms with Gasteiger partial charge < -0.3 is 14.6 Å². The van der Waals surface area contributed by atoms with Crippen molar-refractivity contribution >= 4 is 11.9 Å². The van der Waals surface area contributed by atoms with Gasteiger partial charge in [0.25, 0.3) is 0 Å². The van der Waals surface area contributed by atoms with Crippen LogP contribution in [0.5, 0.6) is 0 Å². The predicted molar refractivity (Wildman–Crippen MR) is 66.3 cm³/mol. The second kappa shape index (κ2) is 5.82. The van der Waals surface area contributed by atoms with E-state index in [1.54, 1.807) is 0 Å².